The number of aliphatic imine (C=N–C) groups is 1. The molecule has 0 radical (unpaired) electrons. The summed E-state index contributed by atoms with van der Waals surface area (Å²) < 4.78 is 4.69. The molecule has 0 amide bonds. The van der Waals surface area contributed by atoms with Gasteiger partial charge in [0.15, 0.2) is 11.5 Å². The van der Waals surface area contributed by atoms with Gasteiger partial charge >= 0.3 is 5.97 Å². The molecule has 1 rings (SSSR count). The molecule has 0 atom stereocenters. The Morgan fingerprint density at radius 2 is 1.96 bits per heavy atom. The van der Waals surface area contributed by atoms with E-state index in [0.29, 0.717) is 17.8 Å². The van der Waals surface area contributed by atoms with E-state index in [-0.39, 0.29) is 11.5 Å². The van der Waals surface area contributed by atoms with E-state index >= 15 is 0 Å². The molecule has 0 aliphatic heterocycles. The number of hydrogen-bond donors (Lipinski definition) is 0. The number of carbonyl (C=O) groups excluding carboxylic acids is 1. The number of rotatable bonds is 7. The van der Waals surface area contributed by atoms with Crippen LogP contribution in [0.25, 0.3) is 0 Å². The lowest BCUT2D eigenvalue weighted by Gasteiger charge is -2.08. The molecule has 0 spiro atoms. The van der Waals surface area contributed by atoms with Crippen molar-refractivity contribution in [3.05, 3.63) is 24.0 Å². The smallest absolute Gasteiger partial charge is 0.360 e. The normalized spacial score (nSPS) is 12.8. The lowest BCUT2D eigenvalue weighted by molar-refractivity contribution is -0.132. The number of esters is 1. The van der Waals surface area contributed by atoms with E-state index < -0.39 is 5.97 Å². The van der Waals surface area contributed by atoms with Gasteiger partial charge in [-0.25, -0.2) is 4.79 Å². The van der Waals surface area contributed by atoms with Gasteiger partial charge in [0.25, 0.3) is 0 Å². The number of aromatic nitrogens is 1. The quantitative estimate of drug-likeness (QED) is 0.434. The van der Waals surface area contributed by atoms with Crippen molar-refractivity contribution in [1.82, 2.24) is 4.98 Å². The molecule has 0 aliphatic carbocycles. The fourth-order valence-electron chi connectivity index (χ4n) is 1.57. The van der Waals surface area contributed by atoms with Crippen LogP contribution in [0.15, 0.2) is 33.8 Å². The molecule has 0 unspecified atom stereocenters. The van der Waals surface area contributed by atoms with Crippen LogP contribution in [0, 0.1) is 0 Å². The topological polar surface area (TPSA) is 94.7 Å². The van der Waals surface area contributed by atoms with Crippen molar-refractivity contribution in [3.63, 3.8) is 0 Å². The Hall–Kier alpha value is -2.77. The van der Waals surface area contributed by atoms with E-state index in [0.717, 1.165) is 5.71 Å². The standard InChI is InChI=1S/C15H20N4O4/c1-6-17-10(2)11(3)18-23-13-9-16-8-7-12(13)14(19-22-5)15(20)21-4/h7-9H,6H2,1-5H3/b17-10?,18-11+,19-14+. The molecule has 0 saturated heterocycles. The maximum absolute atomic E-state index is 11.8. The summed E-state index contributed by atoms with van der Waals surface area (Å²) in [6.07, 6.45) is 2.92. The van der Waals surface area contributed by atoms with E-state index in [2.05, 4.69) is 29.9 Å². The minimum Gasteiger partial charge on any atom is -0.464 e. The van der Waals surface area contributed by atoms with Crippen molar-refractivity contribution in [2.45, 2.75) is 20.8 Å². The molecule has 8 heteroatoms. The van der Waals surface area contributed by atoms with Crippen molar-refractivity contribution >= 4 is 23.1 Å². The molecule has 23 heavy (non-hydrogen) atoms. The number of carbonyl (C=O) groups is 1. The van der Waals surface area contributed by atoms with Crippen molar-refractivity contribution in [2.24, 2.45) is 15.3 Å². The van der Waals surface area contributed by atoms with Crippen LogP contribution in [-0.2, 0) is 14.4 Å². The molecule has 0 saturated carbocycles. The average molecular weight is 320 g/mol. The Bertz CT molecular complexity index is 638. The van der Waals surface area contributed by atoms with Gasteiger partial charge < -0.3 is 14.4 Å². The second-order valence-corrected chi connectivity index (χ2v) is 4.31. The summed E-state index contributed by atoms with van der Waals surface area (Å²) in [6, 6.07) is 1.56. The van der Waals surface area contributed by atoms with E-state index in [1.807, 2.05) is 13.8 Å². The zero-order chi connectivity index (χ0) is 17.2. The van der Waals surface area contributed by atoms with Gasteiger partial charge in [-0.1, -0.05) is 10.3 Å². The van der Waals surface area contributed by atoms with Gasteiger partial charge in [0, 0.05) is 12.7 Å². The van der Waals surface area contributed by atoms with Crippen LogP contribution >= 0.6 is 0 Å². The molecule has 0 aliphatic rings. The van der Waals surface area contributed by atoms with Crippen LogP contribution in [0.5, 0.6) is 5.75 Å². The highest BCUT2D eigenvalue weighted by atomic mass is 16.6. The predicted molar refractivity (Wildman–Crippen MR) is 87.2 cm³/mol. The molecule has 0 bridgehead atoms. The van der Waals surface area contributed by atoms with Gasteiger partial charge in [-0.2, -0.15) is 0 Å². The lowest BCUT2D eigenvalue weighted by Crippen LogP contribution is -2.18. The average Bonchev–Trinajstić information content (AvgIpc) is 2.57. The number of methoxy groups -OCH3 is 1. The molecule has 124 valence electrons. The SMILES string of the molecule is CCN=C(C)/C(C)=N/Oc1cnccc1/C(=N\OC)C(=O)OC. The Morgan fingerprint density at radius 3 is 2.57 bits per heavy atom. The zero-order valence-electron chi connectivity index (χ0n) is 13.9. The van der Waals surface area contributed by atoms with Crippen LogP contribution in [0.4, 0.5) is 0 Å². The number of ether oxygens (including phenoxy) is 1. The maximum Gasteiger partial charge on any atom is 0.360 e. The molecular formula is C15H20N4O4. The van der Waals surface area contributed by atoms with Gasteiger partial charge in [-0.05, 0) is 26.8 Å². The molecule has 0 N–H and O–H groups in total. The first kappa shape index (κ1) is 18.3. The summed E-state index contributed by atoms with van der Waals surface area (Å²) >= 11 is 0. The number of pyridine rings is 1. The van der Waals surface area contributed by atoms with Gasteiger partial charge in [-0.15, -0.1) is 0 Å². The van der Waals surface area contributed by atoms with Gasteiger partial charge in [0.1, 0.15) is 7.11 Å². The second-order valence-electron chi connectivity index (χ2n) is 4.31. The van der Waals surface area contributed by atoms with Gasteiger partial charge in [0.05, 0.1) is 30.3 Å². The zero-order valence-corrected chi connectivity index (χ0v) is 13.9. The first-order chi connectivity index (χ1) is 11.0. The van der Waals surface area contributed by atoms with E-state index in [1.54, 1.807) is 13.0 Å². The summed E-state index contributed by atoms with van der Waals surface area (Å²) in [7, 11) is 2.58. The molecule has 1 aromatic rings. The number of oxime groups is 2. The molecule has 1 heterocycles. The molecule has 0 aromatic carbocycles. The Morgan fingerprint density at radius 1 is 1.22 bits per heavy atom. The largest absolute Gasteiger partial charge is 0.464 e. The summed E-state index contributed by atoms with van der Waals surface area (Å²) in [5.41, 5.74) is 1.69. The fourth-order valence-corrected chi connectivity index (χ4v) is 1.57. The van der Waals surface area contributed by atoms with Crippen LogP contribution < -0.4 is 4.84 Å². The minimum atomic E-state index is -0.660. The van der Waals surface area contributed by atoms with Crippen molar-refractivity contribution < 1.29 is 19.2 Å². The number of nitrogens with zero attached hydrogens (tertiary/aromatic N) is 4. The van der Waals surface area contributed by atoms with Gasteiger partial charge in [0.2, 0.25) is 0 Å². The van der Waals surface area contributed by atoms with E-state index in [9.17, 15) is 4.79 Å². The molecule has 8 nitrogen and oxygen atoms in total. The third kappa shape index (κ3) is 5.17. The summed E-state index contributed by atoms with van der Waals surface area (Å²) in [6.45, 7) is 6.20. The van der Waals surface area contributed by atoms with Gasteiger partial charge in [-0.3, -0.25) is 9.98 Å². The first-order valence-corrected chi connectivity index (χ1v) is 6.92. The number of hydrogen-bond acceptors (Lipinski definition) is 8. The molecular weight excluding hydrogens is 300 g/mol. The van der Waals surface area contributed by atoms with Crippen LogP contribution in [0.1, 0.15) is 26.3 Å². The summed E-state index contributed by atoms with van der Waals surface area (Å²) in [5.74, 6) is -0.412. The Labute approximate surface area is 134 Å². The van der Waals surface area contributed by atoms with E-state index in [1.165, 1.54) is 26.6 Å². The summed E-state index contributed by atoms with van der Waals surface area (Å²) in [4.78, 5) is 30.1. The van der Waals surface area contributed by atoms with Crippen molar-refractivity contribution in [3.8, 4) is 5.75 Å². The van der Waals surface area contributed by atoms with Crippen LogP contribution in [0.2, 0.25) is 0 Å². The van der Waals surface area contributed by atoms with Crippen molar-refractivity contribution in [2.75, 3.05) is 20.8 Å². The summed E-state index contributed by atoms with van der Waals surface area (Å²) in [5, 5.41) is 7.68. The second kappa shape index (κ2) is 9.29. The maximum atomic E-state index is 11.8. The Balaban J connectivity index is 3.15. The highest BCUT2D eigenvalue weighted by Gasteiger charge is 2.20. The van der Waals surface area contributed by atoms with E-state index in [4.69, 9.17) is 4.84 Å². The molecule has 0 fully saturated rings. The fraction of sp³-hybridized carbons (Fsp3) is 0.400. The highest BCUT2D eigenvalue weighted by molar-refractivity contribution is 6.43. The monoisotopic (exact) mass is 320 g/mol. The van der Waals surface area contributed by atoms with Crippen LogP contribution in [-0.4, -0.2) is 48.9 Å². The predicted octanol–water partition coefficient (Wildman–Crippen LogP) is 1.84. The minimum absolute atomic E-state index is 0.0424. The van der Waals surface area contributed by atoms with Crippen molar-refractivity contribution in [1.29, 1.82) is 0 Å². The third-order valence-corrected chi connectivity index (χ3v) is 2.80. The first-order valence-electron chi connectivity index (χ1n) is 6.92. The van der Waals surface area contributed by atoms with Crippen LogP contribution in [0.3, 0.4) is 0 Å². The molecule has 1 aromatic heterocycles. The highest BCUT2D eigenvalue weighted by Crippen LogP contribution is 2.19. The third-order valence-electron chi connectivity index (χ3n) is 2.80. The Kier molecular flexibility index (Phi) is 7.38. The lowest BCUT2D eigenvalue weighted by atomic mass is 10.1.